The second-order valence-electron chi connectivity index (χ2n) is 6.52. The van der Waals surface area contributed by atoms with Crippen LogP contribution in [0, 0.1) is 12.7 Å². The number of rotatable bonds is 5. The van der Waals surface area contributed by atoms with Crippen LogP contribution in [-0.4, -0.2) is 21.1 Å². The van der Waals surface area contributed by atoms with Crippen LogP contribution in [0.3, 0.4) is 0 Å². The summed E-state index contributed by atoms with van der Waals surface area (Å²) in [5, 5.41) is 10.7. The summed E-state index contributed by atoms with van der Waals surface area (Å²) in [5.41, 5.74) is 4.74. The molecule has 5 nitrogen and oxygen atoms in total. The predicted octanol–water partition coefficient (Wildman–Crippen LogP) is 4.58. The predicted molar refractivity (Wildman–Crippen MR) is 104 cm³/mol. The fraction of sp³-hybridized carbons (Fsp3) is 0.143. The monoisotopic (exact) mass is 362 g/mol. The summed E-state index contributed by atoms with van der Waals surface area (Å²) in [6.07, 6.45) is 0.883. The van der Waals surface area contributed by atoms with E-state index in [9.17, 15) is 9.18 Å². The van der Waals surface area contributed by atoms with Crippen molar-refractivity contribution in [2.45, 2.75) is 19.8 Å². The maximum Gasteiger partial charge on any atom is 0.225 e. The number of nitrogens with zero attached hydrogens (tertiary/aromatic N) is 1. The summed E-state index contributed by atoms with van der Waals surface area (Å²) in [6.45, 7) is 1.88. The maximum absolute atomic E-state index is 13.3. The Kier molecular flexibility index (Phi) is 4.46. The average Bonchev–Trinajstić information content (AvgIpc) is 3.24. The molecule has 27 heavy (non-hydrogen) atoms. The Balaban J connectivity index is 1.60. The van der Waals surface area contributed by atoms with Gasteiger partial charge in [-0.3, -0.25) is 9.89 Å². The van der Waals surface area contributed by atoms with Crippen molar-refractivity contribution < 1.29 is 9.18 Å². The molecule has 4 aromatic rings. The van der Waals surface area contributed by atoms with E-state index in [-0.39, 0.29) is 11.7 Å². The molecule has 136 valence electrons. The summed E-state index contributed by atoms with van der Waals surface area (Å²) in [7, 11) is 0. The maximum atomic E-state index is 13.3. The molecular weight excluding hydrogens is 343 g/mol. The summed E-state index contributed by atoms with van der Waals surface area (Å²) in [6, 6.07) is 16.1. The lowest BCUT2D eigenvalue weighted by molar-refractivity contribution is -0.116. The van der Waals surface area contributed by atoms with Gasteiger partial charge in [0.1, 0.15) is 5.82 Å². The van der Waals surface area contributed by atoms with Gasteiger partial charge in [-0.2, -0.15) is 5.10 Å². The number of para-hydroxylation sites is 1. The lowest BCUT2D eigenvalue weighted by atomic mass is 10.0. The van der Waals surface area contributed by atoms with Crippen molar-refractivity contribution in [2.75, 3.05) is 5.32 Å². The Morgan fingerprint density at radius 1 is 1.15 bits per heavy atom. The lowest BCUT2D eigenvalue weighted by Crippen LogP contribution is -2.12. The Morgan fingerprint density at radius 3 is 2.67 bits per heavy atom. The Labute approximate surface area is 155 Å². The van der Waals surface area contributed by atoms with Gasteiger partial charge < -0.3 is 10.3 Å². The largest absolute Gasteiger partial charge is 0.354 e. The zero-order valence-corrected chi connectivity index (χ0v) is 14.8. The molecule has 0 spiro atoms. The number of fused-ring (bicyclic) bond motifs is 1. The number of hydrogen-bond donors (Lipinski definition) is 3. The fourth-order valence-corrected chi connectivity index (χ4v) is 3.25. The highest BCUT2D eigenvalue weighted by atomic mass is 19.1. The second-order valence-corrected chi connectivity index (χ2v) is 6.52. The number of anilines is 1. The third kappa shape index (κ3) is 3.60. The summed E-state index contributed by atoms with van der Waals surface area (Å²) in [4.78, 5) is 15.7. The van der Waals surface area contributed by atoms with E-state index < -0.39 is 0 Å². The molecule has 1 amide bonds. The van der Waals surface area contributed by atoms with Crippen LogP contribution in [0.5, 0.6) is 0 Å². The van der Waals surface area contributed by atoms with E-state index in [0.29, 0.717) is 18.7 Å². The standard InChI is InChI=1S/C21H19FN4O/c1-13-12-19(26-25-13)24-20(27)11-10-17-16-4-2-3-5-18(16)23-21(17)14-6-8-15(22)9-7-14/h2-9,12,23H,10-11H2,1H3,(H2,24,25,26,27). The molecule has 0 radical (unpaired) electrons. The van der Waals surface area contributed by atoms with Gasteiger partial charge in [-0.25, -0.2) is 4.39 Å². The van der Waals surface area contributed by atoms with Crippen LogP contribution >= 0.6 is 0 Å². The molecule has 0 aliphatic carbocycles. The molecule has 0 saturated heterocycles. The van der Waals surface area contributed by atoms with Gasteiger partial charge in [0.25, 0.3) is 0 Å². The Hall–Kier alpha value is -3.41. The molecule has 2 aromatic carbocycles. The first-order valence-corrected chi connectivity index (χ1v) is 8.77. The number of carbonyl (C=O) groups is 1. The van der Waals surface area contributed by atoms with Gasteiger partial charge in [-0.05, 0) is 54.8 Å². The molecule has 2 aromatic heterocycles. The van der Waals surface area contributed by atoms with Gasteiger partial charge in [-0.15, -0.1) is 0 Å². The van der Waals surface area contributed by atoms with Gasteiger partial charge in [0.15, 0.2) is 5.82 Å². The molecule has 0 bridgehead atoms. The number of H-pyrrole nitrogens is 2. The first-order valence-electron chi connectivity index (χ1n) is 8.77. The van der Waals surface area contributed by atoms with Crippen molar-refractivity contribution in [3.63, 3.8) is 0 Å². The number of aromatic amines is 2. The van der Waals surface area contributed by atoms with Crippen LogP contribution in [0.1, 0.15) is 17.7 Å². The summed E-state index contributed by atoms with van der Waals surface area (Å²) >= 11 is 0. The third-order valence-electron chi connectivity index (χ3n) is 4.52. The van der Waals surface area contributed by atoms with E-state index >= 15 is 0 Å². The molecule has 0 unspecified atom stereocenters. The SMILES string of the molecule is Cc1cc(NC(=O)CCc2c(-c3ccc(F)cc3)[nH]c3ccccc23)n[nH]1. The summed E-state index contributed by atoms with van der Waals surface area (Å²) < 4.78 is 13.3. The average molecular weight is 362 g/mol. The fourth-order valence-electron chi connectivity index (χ4n) is 3.25. The number of carbonyl (C=O) groups excluding carboxylic acids is 1. The molecular formula is C21H19FN4O. The number of hydrogen-bond acceptors (Lipinski definition) is 2. The molecule has 0 atom stereocenters. The van der Waals surface area contributed by atoms with E-state index in [2.05, 4.69) is 20.5 Å². The molecule has 4 rings (SSSR count). The van der Waals surface area contributed by atoms with Gasteiger partial charge >= 0.3 is 0 Å². The molecule has 0 fully saturated rings. The van der Waals surface area contributed by atoms with Crippen molar-refractivity contribution in [1.29, 1.82) is 0 Å². The van der Waals surface area contributed by atoms with E-state index in [1.54, 1.807) is 18.2 Å². The first kappa shape index (κ1) is 17.0. The van der Waals surface area contributed by atoms with Gasteiger partial charge in [0.2, 0.25) is 5.91 Å². The van der Waals surface area contributed by atoms with Gasteiger partial charge in [-0.1, -0.05) is 18.2 Å². The van der Waals surface area contributed by atoms with Crippen molar-refractivity contribution >= 4 is 22.6 Å². The van der Waals surface area contributed by atoms with Crippen molar-refractivity contribution in [3.05, 3.63) is 71.7 Å². The summed E-state index contributed by atoms with van der Waals surface area (Å²) in [5.74, 6) is 0.150. The smallest absolute Gasteiger partial charge is 0.225 e. The number of halogens is 1. The van der Waals surface area contributed by atoms with E-state index in [1.165, 1.54) is 12.1 Å². The van der Waals surface area contributed by atoms with Gasteiger partial charge in [0, 0.05) is 34.8 Å². The van der Waals surface area contributed by atoms with E-state index in [4.69, 9.17) is 0 Å². The number of aryl methyl sites for hydroxylation is 2. The van der Waals surface area contributed by atoms with Crippen LogP contribution in [0.15, 0.2) is 54.6 Å². The number of nitrogens with one attached hydrogen (secondary N) is 3. The van der Waals surface area contributed by atoms with Crippen molar-refractivity contribution in [1.82, 2.24) is 15.2 Å². The zero-order chi connectivity index (χ0) is 18.8. The number of aromatic nitrogens is 3. The Bertz CT molecular complexity index is 1100. The zero-order valence-electron chi connectivity index (χ0n) is 14.8. The second kappa shape index (κ2) is 7.07. The minimum atomic E-state index is -0.273. The number of benzene rings is 2. The molecule has 0 saturated carbocycles. The topological polar surface area (TPSA) is 73.6 Å². The van der Waals surface area contributed by atoms with Crippen LogP contribution in [-0.2, 0) is 11.2 Å². The lowest BCUT2D eigenvalue weighted by Gasteiger charge is -2.06. The van der Waals surface area contributed by atoms with E-state index in [0.717, 1.165) is 33.4 Å². The Morgan fingerprint density at radius 2 is 1.93 bits per heavy atom. The highest BCUT2D eigenvalue weighted by Crippen LogP contribution is 2.31. The van der Waals surface area contributed by atoms with Crippen LogP contribution < -0.4 is 5.32 Å². The molecule has 0 aliphatic heterocycles. The molecule has 2 heterocycles. The highest BCUT2D eigenvalue weighted by Gasteiger charge is 2.15. The quantitative estimate of drug-likeness (QED) is 0.486. The van der Waals surface area contributed by atoms with Gasteiger partial charge in [0.05, 0.1) is 0 Å². The highest BCUT2D eigenvalue weighted by molar-refractivity contribution is 5.93. The molecule has 3 N–H and O–H groups in total. The molecule has 6 heteroatoms. The van der Waals surface area contributed by atoms with Crippen LogP contribution in [0.25, 0.3) is 22.2 Å². The number of amides is 1. The molecule has 0 aliphatic rings. The minimum absolute atomic E-state index is 0.100. The normalized spacial score (nSPS) is 11.0. The van der Waals surface area contributed by atoms with E-state index in [1.807, 2.05) is 31.2 Å². The first-order chi connectivity index (χ1) is 13.1. The minimum Gasteiger partial charge on any atom is -0.354 e. The van der Waals surface area contributed by atoms with Crippen LogP contribution in [0.4, 0.5) is 10.2 Å². The van der Waals surface area contributed by atoms with Crippen LogP contribution in [0.2, 0.25) is 0 Å². The third-order valence-corrected chi connectivity index (χ3v) is 4.52. The van der Waals surface area contributed by atoms with Crippen molar-refractivity contribution in [3.8, 4) is 11.3 Å². The van der Waals surface area contributed by atoms with Crippen molar-refractivity contribution in [2.24, 2.45) is 0 Å².